The second-order valence-electron chi connectivity index (χ2n) is 12.1. The molecule has 10 heteroatoms. The van der Waals surface area contributed by atoms with Gasteiger partial charge in [0.1, 0.15) is 0 Å². The Bertz CT molecular complexity index is 1730. The number of halogens is 2. The molecular formula is C36H39Cl2N5O3. The zero-order valence-electron chi connectivity index (χ0n) is 26.1. The summed E-state index contributed by atoms with van der Waals surface area (Å²) >= 11 is 14.2. The smallest absolute Gasteiger partial charge is 0.220 e. The molecule has 0 spiro atoms. The van der Waals surface area contributed by atoms with Gasteiger partial charge >= 0.3 is 0 Å². The average molecular weight is 661 g/mol. The number of pyridine rings is 2. The van der Waals surface area contributed by atoms with Crippen molar-refractivity contribution < 1.29 is 14.6 Å². The molecule has 1 aliphatic heterocycles. The maximum atomic E-state index is 11.6. The van der Waals surface area contributed by atoms with E-state index in [1.54, 1.807) is 20.2 Å². The monoisotopic (exact) mass is 659 g/mol. The molecule has 240 valence electrons. The summed E-state index contributed by atoms with van der Waals surface area (Å²) in [6.45, 7) is 3.50. The van der Waals surface area contributed by atoms with Crippen LogP contribution in [0, 0.1) is 0 Å². The molecule has 4 N–H and O–H groups in total. The summed E-state index contributed by atoms with van der Waals surface area (Å²) in [6, 6.07) is 18.6. The van der Waals surface area contributed by atoms with E-state index in [0.29, 0.717) is 46.8 Å². The Morgan fingerprint density at radius 3 is 2.65 bits per heavy atom. The quantitative estimate of drug-likeness (QED) is 0.145. The molecule has 3 heterocycles. The maximum absolute atomic E-state index is 11.6. The second kappa shape index (κ2) is 14.5. The minimum absolute atomic E-state index is 0.143. The molecule has 2 aromatic heterocycles. The number of ether oxygens (including phenoxy) is 1. The summed E-state index contributed by atoms with van der Waals surface area (Å²) < 4.78 is 5.59. The molecule has 0 saturated carbocycles. The van der Waals surface area contributed by atoms with Crippen molar-refractivity contribution in [2.75, 3.05) is 20.2 Å². The van der Waals surface area contributed by atoms with Gasteiger partial charge in [-0.25, -0.2) is 4.98 Å². The lowest BCUT2D eigenvalue weighted by atomic mass is 9.86. The van der Waals surface area contributed by atoms with E-state index in [-0.39, 0.29) is 18.0 Å². The Hall–Kier alpha value is -3.53. The van der Waals surface area contributed by atoms with E-state index in [2.05, 4.69) is 34.1 Å². The van der Waals surface area contributed by atoms with Gasteiger partial charge in [0.25, 0.3) is 0 Å². The first kappa shape index (κ1) is 32.4. The first-order chi connectivity index (χ1) is 22.3. The molecule has 0 bridgehead atoms. The molecule has 1 aliphatic carbocycles. The Kier molecular flexibility index (Phi) is 10.2. The third kappa shape index (κ3) is 7.06. The highest BCUT2D eigenvalue weighted by Crippen LogP contribution is 2.42. The normalized spacial score (nSPS) is 18.2. The Morgan fingerprint density at radius 2 is 1.87 bits per heavy atom. The number of benzene rings is 2. The molecular weight excluding hydrogens is 621 g/mol. The number of aliphatic hydroxyl groups is 1. The minimum atomic E-state index is -0.443. The summed E-state index contributed by atoms with van der Waals surface area (Å²) in [6.07, 6.45) is 5.99. The molecule has 3 atom stereocenters. The van der Waals surface area contributed by atoms with E-state index >= 15 is 0 Å². The van der Waals surface area contributed by atoms with Crippen LogP contribution in [0.1, 0.15) is 55.3 Å². The summed E-state index contributed by atoms with van der Waals surface area (Å²) in [5.41, 5.74) is 8.18. The topological polar surface area (TPSA) is 108 Å². The summed E-state index contributed by atoms with van der Waals surface area (Å²) in [7, 11) is 1.59. The fourth-order valence-electron chi connectivity index (χ4n) is 6.43. The van der Waals surface area contributed by atoms with Crippen molar-refractivity contribution >= 4 is 29.1 Å². The van der Waals surface area contributed by atoms with E-state index in [1.807, 2.05) is 36.4 Å². The van der Waals surface area contributed by atoms with E-state index in [0.717, 1.165) is 60.0 Å². The van der Waals surface area contributed by atoms with E-state index < -0.39 is 6.10 Å². The van der Waals surface area contributed by atoms with Crippen molar-refractivity contribution in [3.05, 3.63) is 87.5 Å². The van der Waals surface area contributed by atoms with Crippen molar-refractivity contribution in [3.8, 4) is 39.5 Å². The number of hydrogen-bond donors (Lipinski definition) is 4. The Labute approximate surface area is 279 Å². The maximum Gasteiger partial charge on any atom is 0.220 e. The van der Waals surface area contributed by atoms with Gasteiger partial charge in [-0.2, -0.15) is 0 Å². The number of aliphatic hydroxyl groups excluding tert-OH is 1. The van der Waals surface area contributed by atoms with Crippen molar-refractivity contribution in [1.29, 1.82) is 0 Å². The highest BCUT2D eigenvalue weighted by Gasteiger charge is 2.25. The van der Waals surface area contributed by atoms with Crippen molar-refractivity contribution in [2.24, 2.45) is 0 Å². The number of aromatic nitrogens is 2. The van der Waals surface area contributed by atoms with Gasteiger partial charge in [-0.3, -0.25) is 9.78 Å². The van der Waals surface area contributed by atoms with Crippen LogP contribution in [-0.2, 0) is 17.8 Å². The first-order valence-electron chi connectivity index (χ1n) is 15.8. The van der Waals surface area contributed by atoms with Gasteiger partial charge in [0.2, 0.25) is 11.8 Å². The van der Waals surface area contributed by atoms with Crippen LogP contribution in [0.4, 0.5) is 0 Å². The highest BCUT2D eigenvalue weighted by atomic mass is 35.5. The molecule has 1 amide bonds. The van der Waals surface area contributed by atoms with E-state index in [1.165, 1.54) is 11.1 Å². The molecule has 1 saturated heterocycles. The molecule has 4 aromatic rings. The molecule has 2 aliphatic rings. The fourth-order valence-corrected chi connectivity index (χ4v) is 7.07. The Morgan fingerprint density at radius 1 is 1.04 bits per heavy atom. The van der Waals surface area contributed by atoms with Gasteiger partial charge in [-0.1, -0.05) is 59.6 Å². The molecule has 46 heavy (non-hydrogen) atoms. The van der Waals surface area contributed by atoms with Crippen LogP contribution in [0.15, 0.2) is 60.8 Å². The molecule has 8 nitrogen and oxygen atoms in total. The van der Waals surface area contributed by atoms with Gasteiger partial charge in [0.05, 0.1) is 34.6 Å². The lowest BCUT2D eigenvalue weighted by Gasteiger charge is -2.28. The molecule has 6 rings (SSSR count). The van der Waals surface area contributed by atoms with Gasteiger partial charge < -0.3 is 25.8 Å². The van der Waals surface area contributed by atoms with Gasteiger partial charge in [0, 0.05) is 72.2 Å². The highest BCUT2D eigenvalue weighted by molar-refractivity contribution is 6.39. The van der Waals surface area contributed by atoms with Gasteiger partial charge in [-0.05, 0) is 61.9 Å². The number of carbonyl (C=O) groups excluding carboxylic acids is 1. The standard InChI is InChI=1S/C36H39Cl2N5O3/c1-21(44)18-39-19-24-10-13-31(43-36(24)46-2)29-7-4-6-27(33(29)37)28-15-16-40-35(34(28)38)23-9-12-26-22(17-23)5-3-8-30(26)41-20-25-11-14-32(45)42-25/h4,6-7,9-10,12-13,15-17,21,25,30,39,41,44H,3,5,8,11,14,18-20H2,1-2H3,(H,42,45)/t21?,25?,30-/m1/s1. The van der Waals surface area contributed by atoms with Crippen molar-refractivity contribution in [3.63, 3.8) is 0 Å². The van der Waals surface area contributed by atoms with Crippen LogP contribution >= 0.6 is 23.2 Å². The number of fused-ring (bicyclic) bond motifs is 1. The van der Waals surface area contributed by atoms with Crippen LogP contribution < -0.4 is 20.7 Å². The fraction of sp³-hybridized carbons (Fsp3) is 0.361. The lowest BCUT2D eigenvalue weighted by Crippen LogP contribution is -2.38. The number of nitrogens with one attached hydrogen (secondary N) is 3. The minimum Gasteiger partial charge on any atom is -0.481 e. The summed E-state index contributed by atoms with van der Waals surface area (Å²) in [5.74, 6) is 0.640. The average Bonchev–Trinajstić information content (AvgIpc) is 3.48. The number of methoxy groups -OCH3 is 1. The SMILES string of the molecule is COc1nc(-c2cccc(-c3ccnc(-c4ccc5c(c4)CCC[C@H]5NCC4CCC(=O)N4)c3Cl)c2Cl)ccc1CNCC(C)O. The van der Waals surface area contributed by atoms with E-state index in [9.17, 15) is 9.90 Å². The van der Waals surface area contributed by atoms with Crippen LogP contribution in [0.3, 0.4) is 0 Å². The molecule has 2 unspecified atom stereocenters. The Balaban J connectivity index is 1.26. The first-order valence-corrected chi connectivity index (χ1v) is 16.6. The number of amides is 1. The van der Waals surface area contributed by atoms with Crippen molar-refractivity contribution in [2.45, 2.75) is 63.8 Å². The van der Waals surface area contributed by atoms with Crippen LogP contribution in [0.5, 0.6) is 5.88 Å². The van der Waals surface area contributed by atoms with Crippen LogP contribution in [0.25, 0.3) is 33.6 Å². The second-order valence-corrected chi connectivity index (χ2v) is 12.9. The lowest BCUT2D eigenvalue weighted by molar-refractivity contribution is -0.119. The zero-order chi connectivity index (χ0) is 32.2. The molecule has 2 aromatic carbocycles. The van der Waals surface area contributed by atoms with Gasteiger partial charge in [-0.15, -0.1) is 0 Å². The predicted molar refractivity (Wildman–Crippen MR) is 183 cm³/mol. The zero-order valence-corrected chi connectivity index (χ0v) is 27.6. The summed E-state index contributed by atoms with van der Waals surface area (Å²) in [5, 5.41) is 20.6. The molecule has 0 radical (unpaired) electrons. The van der Waals surface area contributed by atoms with Crippen LogP contribution in [0.2, 0.25) is 10.0 Å². The number of carbonyl (C=O) groups is 1. The predicted octanol–water partition coefficient (Wildman–Crippen LogP) is 6.51. The van der Waals surface area contributed by atoms with E-state index in [4.69, 9.17) is 37.9 Å². The largest absolute Gasteiger partial charge is 0.481 e. The van der Waals surface area contributed by atoms with Gasteiger partial charge in [0.15, 0.2) is 0 Å². The summed E-state index contributed by atoms with van der Waals surface area (Å²) in [4.78, 5) is 21.1. The third-order valence-corrected chi connectivity index (χ3v) is 9.56. The number of rotatable bonds is 11. The molecule has 1 fully saturated rings. The number of hydrogen-bond acceptors (Lipinski definition) is 7. The van der Waals surface area contributed by atoms with Crippen molar-refractivity contribution in [1.82, 2.24) is 25.9 Å². The number of nitrogens with zero attached hydrogens (tertiary/aromatic N) is 2. The number of aryl methyl sites for hydroxylation is 1. The van der Waals surface area contributed by atoms with Crippen LogP contribution in [-0.4, -0.2) is 53.3 Å². The third-order valence-electron chi connectivity index (χ3n) is 8.77.